The summed E-state index contributed by atoms with van der Waals surface area (Å²) in [5.41, 5.74) is 2.03. The number of rotatable bonds is 6. The van der Waals surface area contributed by atoms with Crippen molar-refractivity contribution in [3.05, 3.63) is 100 Å². The molecule has 0 saturated heterocycles. The summed E-state index contributed by atoms with van der Waals surface area (Å²) in [5, 5.41) is 11.7. The quantitative estimate of drug-likeness (QED) is 0.656. The van der Waals surface area contributed by atoms with Gasteiger partial charge in [0.15, 0.2) is 0 Å². The van der Waals surface area contributed by atoms with E-state index in [2.05, 4.69) is 10.3 Å². The number of aromatic carboxylic acids is 1. The first-order chi connectivity index (χ1) is 13.8. The normalized spacial score (nSPS) is 11.7. The molecule has 0 unspecified atom stereocenters. The molecule has 3 aromatic rings. The Balaban J connectivity index is 1.79. The highest BCUT2D eigenvalue weighted by atomic mass is 19.1. The Morgan fingerprint density at radius 2 is 1.69 bits per heavy atom. The molecule has 148 valence electrons. The van der Waals surface area contributed by atoms with E-state index in [1.165, 1.54) is 24.3 Å². The summed E-state index contributed by atoms with van der Waals surface area (Å²) in [6.45, 7) is 1.74. The van der Waals surface area contributed by atoms with Crippen molar-refractivity contribution in [3.8, 4) is 0 Å². The topological polar surface area (TPSA) is 79.3 Å². The Morgan fingerprint density at radius 1 is 1.03 bits per heavy atom. The average molecular weight is 396 g/mol. The number of halogens is 2. The van der Waals surface area contributed by atoms with Crippen LogP contribution < -0.4 is 5.32 Å². The van der Waals surface area contributed by atoms with E-state index in [-0.39, 0.29) is 23.4 Å². The molecule has 0 bridgehead atoms. The summed E-state index contributed by atoms with van der Waals surface area (Å²) in [6, 6.07) is 12.6. The number of amides is 1. The standard InChI is InChI=1S/C22H18F2N2O3/c1-13(15-4-6-16(7-5-15)22(28)29)26-21(27)19-11-18(24)12-25-20(19)10-14-2-8-17(23)9-3-14/h2-9,11-13H,10H2,1H3,(H,26,27)(H,28,29)/t13-/m0/s1. The van der Waals surface area contributed by atoms with Gasteiger partial charge in [-0.15, -0.1) is 0 Å². The molecule has 1 aromatic heterocycles. The van der Waals surface area contributed by atoms with Crippen LogP contribution in [0.2, 0.25) is 0 Å². The lowest BCUT2D eigenvalue weighted by Crippen LogP contribution is -2.28. The van der Waals surface area contributed by atoms with Crippen molar-refractivity contribution in [1.82, 2.24) is 10.3 Å². The van der Waals surface area contributed by atoms with Crippen molar-refractivity contribution in [1.29, 1.82) is 0 Å². The predicted molar refractivity (Wildman–Crippen MR) is 103 cm³/mol. The number of benzene rings is 2. The second kappa shape index (κ2) is 8.60. The predicted octanol–water partition coefficient (Wildman–Crippen LogP) is 4.14. The van der Waals surface area contributed by atoms with E-state index in [9.17, 15) is 18.4 Å². The van der Waals surface area contributed by atoms with Gasteiger partial charge in [-0.25, -0.2) is 13.6 Å². The molecule has 0 fully saturated rings. The molecule has 29 heavy (non-hydrogen) atoms. The van der Waals surface area contributed by atoms with Crippen molar-refractivity contribution < 1.29 is 23.5 Å². The number of hydrogen-bond donors (Lipinski definition) is 2. The molecule has 1 atom stereocenters. The zero-order chi connectivity index (χ0) is 21.0. The van der Waals surface area contributed by atoms with Gasteiger partial charge in [0.2, 0.25) is 0 Å². The van der Waals surface area contributed by atoms with Crippen LogP contribution >= 0.6 is 0 Å². The number of aromatic nitrogens is 1. The van der Waals surface area contributed by atoms with E-state index in [4.69, 9.17) is 5.11 Å². The molecule has 7 heteroatoms. The van der Waals surface area contributed by atoms with Gasteiger partial charge in [0.05, 0.1) is 29.1 Å². The second-order valence-electron chi connectivity index (χ2n) is 6.57. The first-order valence-corrected chi connectivity index (χ1v) is 8.86. The number of hydrogen-bond acceptors (Lipinski definition) is 3. The molecular weight excluding hydrogens is 378 g/mol. The van der Waals surface area contributed by atoms with E-state index in [0.717, 1.165) is 17.8 Å². The lowest BCUT2D eigenvalue weighted by molar-refractivity contribution is 0.0696. The molecule has 0 saturated carbocycles. The minimum Gasteiger partial charge on any atom is -0.478 e. The van der Waals surface area contributed by atoms with Crippen LogP contribution in [0.1, 0.15) is 50.5 Å². The van der Waals surface area contributed by atoms with Crippen LogP contribution in [-0.2, 0) is 6.42 Å². The minimum atomic E-state index is -1.04. The Bertz CT molecular complexity index is 1030. The van der Waals surface area contributed by atoms with E-state index in [1.807, 2.05) is 0 Å². The van der Waals surface area contributed by atoms with Gasteiger partial charge in [-0.05, 0) is 48.4 Å². The van der Waals surface area contributed by atoms with Crippen molar-refractivity contribution >= 4 is 11.9 Å². The smallest absolute Gasteiger partial charge is 0.335 e. The average Bonchev–Trinajstić information content (AvgIpc) is 2.71. The molecule has 0 spiro atoms. The van der Waals surface area contributed by atoms with Gasteiger partial charge in [-0.3, -0.25) is 9.78 Å². The summed E-state index contributed by atoms with van der Waals surface area (Å²) >= 11 is 0. The van der Waals surface area contributed by atoms with Crippen LogP contribution in [0.25, 0.3) is 0 Å². The number of carboxylic acids is 1. The Labute approximate surface area is 166 Å². The largest absolute Gasteiger partial charge is 0.478 e. The fraction of sp³-hybridized carbons (Fsp3) is 0.136. The lowest BCUT2D eigenvalue weighted by Gasteiger charge is -2.16. The maximum atomic E-state index is 13.7. The summed E-state index contributed by atoms with van der Waals surface area (Å²) < 4.78 is 26.8. The van der Waals surface area contributed by atoms with Gasteiger partial charge in [-0.2, -0.15) is 0 Å². The molecular formula is C22H18F2N2O3. The van der Waals surface area contributed by atoms with E-state index >= 15 is 0 Å². The fourth-order valence-corrected chi connectivity index (χ4v) is 2.87. The summed E-state index contributed by atoms with van der Waals surface area (Å²) in [7, 11) is 0. The molecule has 0 radical (unpaired) electrons. The number of pyridine rings is 1. The Morgan fingerprint density at radius 3 is 2.31 bits per heavy atom. The number of carbonyl (C=O) groups is 2. The maximum Gasteiger partial charge on any atom is 0.335 e. The van der Waals surface area contributed by atoms with Crippen molar-refractivity contribution in [3.63, 3.8) is 0 Å². The van der Waals surface area contributed by atoms with Crippen molar-refractivity contribution in [2.45, 2.75) is 19.4 Å². The van der Waals surface area contributed by atoms with Crippen LogP contribution in [0, 0.1) is 11.6 Å². The zero-order valence-corrected chi connectivity index (χ0v) is 15.5. The first-order valence-electron chi connectivity index (χ1n) is 8.86. The lowest BCUT2D eigenvalue weighted by atomic mass is 10.0. The Kier molecular flexibility index (Phi) is 5.97. The highest BCUT2D eigenvalue weighted by Gasteiger charge is 2.18. The summed E-state index contributed by atoms with van der Waals surface area (Å²) in [6.07, 6.45) is 1.27. The van der Waals surface area contributed by atoms with Gasteiger partial charge in [0.25, 0.3) is 5.91 Å². The number of nitrogens with one attached hydrogen (secondary N) is 1. The molecule has 0 aliphatic rings. The highest BCUT2D eigenvalue weighted by Crippen LogP contribution is 2.18. The second-order valence-corrected chi connectivity index (χ2v) is 6.57. The van der Waals surface area contributed by atoms with Gasteiger partial charge in [-0.1, -0.05) is 24.3 Å². The van der Waals surface area contributed by atoms with Crippen LogP contribution in [0.4, 0.5) is 8.78 Å². The third-order valence-electron chi connectivity index (χ3n) is 4.47. The SMILES string of the molecule is C[C@H](NC(=O)c1cc(F)cnc1Cc1ccc(F)cc1)c1ccc(C(=O)O)cc1. The molecule has 3 rings (SSSR count). The molecule has 0 aliphatic heterocycles. The first kappa shape index (κ1) is 20.1. The van der Waals surface area contributed by atoms with Crippen LogP contribution in [0.5, 0.6) is 0 Å². The summed E-state index contributed by atoms with van der Waals surface area (Å²) in [5.74, 6) is -2.56. The molecule has 0 aliphatic carbocycles. The monoisotopic (exact) mass is 396 g/mol. The maximum absolute atomic E-state index is 13.7. The number of carbonyl (C=O) groups excluding carboxylic acids is 1. The molecule has 5 nitrogen and oxygen atoms in total. The minimum absolute atomic E-state index is 0.0864. The van der Waals surface area contributed by atoms with Crippen molar-refractivity contribution in [2.24, 2.45) is 0 Å². The summed E-state index contributed by atoms with van der Waals surface area (Å²) in [4.78, 5) is 27.7. The van der Waals surface area contributed by atoms with E-state index in [1.54, 1.807) is 31.2 Å². The zero-order valence-electron chi connectivity index (χ0n) is 15.5. The Hall–Kier alpha value is -3.61. The third kappa shape index (κ3) is 5.01. The fourth-order valence-electron chi connectivity index (χ4n) is 2.87. The van der Waals surface area contributed by atoms with Crippen LogP contribution in [0.3, 0.4) is 0 Å². The van der Waals surface area contributed by atoms with Gasteiger partial charge in [0, 0.05) is 6.42 Å². The van der Waals surface area contributed by atoms with E-state index in [0.29, 0.717) is 11.3 Å². The highest BCUT2D eigenvalue weighted by molar-refractivity contribution is 5.95. The third-order valence-corrected chi connectivity index (χ3v) is 4.47. The molecule has 1 amide bonds. The number of nitrogens with zero attached hydrogens (tertiary/aromatic N) is 1. The van der Waals surface area contributed by atoms with Gasteiger partial charge in [0.1, 0.15) is 11.6 Å². The van der Waals surface area contributed by atoms with Crippen molar-refractivity contribution in [2.75, 3.05) is 0 Å². The number of carboxylic acid groups (broad SMARTS) is 1. The van der Waals surface area contributed by atoms with Gasteiger partial charge >= 0.3 is 5.97 Å². The molecule has 2 N–H and O–H groups in total. The van der Waals surface area contributed by atoms with E-state index < -0.39 is 23.7 Å². The van der Waals surface area contributed by atoms with Crippen LogP contribution in [0.15, 0.2) is 60.8 Å². The van der Waals surface area contributed by atoms with Crippen LogP contribution in [-0.4, -0.2) is 22.0 Å². The molecule has 1 heterocycles. The molecule has 2 aromatic carbocycles. The van der Waals surface area contributed by atoms with Gasteiger partial charge < -0.3 is 10.4 Å².